The number of carboxylic acids is 1. The van der Waals surface area contributed by atoms with Gasteiger partial charge in [-0.15, -0.1) is 22.0 Å². The highest BCUT2D eigenvalue weighted by Crippen LogP contribution is 2.42. The number of nitrogens with two attached hydrogens (primary N) is 1. The van der Waals surface area contributed by atoms with E-state index in [-0.39, 0.29) is 52.3 Å². The number of rotatable bonds is 11. The number of β-lactam (4-membered cyclic amide) rings is 1. The molecular formula is C28H31N11O8S2. The number of amides is 4. The van der Waals surface area contributed by atoms with Crippen LogP contribution in [0.25, 0.3) is 0 Å². The molecule has 0 radical (unpaired) electrons. The van der Waals surface area contributed by atoms with E-state index in [0.717, 1.165) is 27.8 Å². The van der Waals surface area contributed by atoms with E-state index in [9.17, 15) is 39.3 Å². The van der Waals surface area contributed by atoms with Gasteiger partial charge in [-0.05, 0) is 54.2 Å². The standard InChI is InChI=1S/C28H31N11O8S2/c29-26(47)38(17-9-30-27(33-21(17)42)31-14-3-7-16(41)8-4-14)19(12-1-5-15(40)6-2-12)22(43)32-18-23(44)39-20(25(45)46)13(10-48-24(18)39)11-49-28-34-36-37-35-28/h1-2,5-6,9,14,16,18-19,24,40-41H,3-4,7-8,10-11H2,(H2,29,47)(H,32,43)(H,45,46)(H2,30,31,33,42)(H,34,35,36,37)/t14?,16?,18?,19?,24-/m0/s1. The molecule has 3 atom stereocenters. The number of fused-ring (bicyclic) bond motifs is 1. The van der Waals surface area contributed by atoms with Gasteiger partial charge in [-0.25, -0.2) is 14.6 Å². The van der Waals surface area contributed by atoms with Crippen LogP contribution in [0.2, 0.25) is 0 Å². The van der Waals surface area contributed by atoms with E-state index < -0.39 is 46.8 Å². The average molecular weight is 714 g/mol. The highest BCUT2D eigenvalue weighted by atomic mass is 32.2. The largest absolute Gasteiger partial charge is 0.508 e. The SMILES string of the molecule is NC(=O)N(c1cnc(NC2CCC(O)CC2)[nH]c1=O)C(C(=O)NC1C(=O)N2C(C(=O)O)=C(CSc3nn[nH]n3)CS[C@@H]12)c1ccc(O)cc1. The van der Waals surface area contributed by atoms with Gasteiger partial charge in [-0.2, -0.15) is 5.21 Å². The number of nitrogens with one attached hydrogen (secondary N) is 4. The number of tetrazole rings is 1. The van der Waals surface area contributed by atoms with Crippen molar-refractivity contribution in [3.8, 4) is 5.75 Å². The highest BCUT2D eigenvalue weighted by molar-refractivity contribution is 8.01. The van der Waals surface area contributed by atoms with Gasteiger partial charge in [0.25, 0.3) is 11.5 Å². The summed E-state index contributed by atoms with van der Waals surface area (Å²) in [7, 11) is 0. The van der Waals surface area contributed by atoms with Crippen molar-refractivity contribution >= 4 is 59.0 Å². The zero-order chi connectivity index (χ0) is 34.8. The van der Waals surface area contributed by atoms with Crippen molar-refractivity contribution in [2.75, 3.05) is 21.7 Å². The Kier molecular flexibility index (Phi) is 9.74. The topological polar surface area (TPSA) is 286 Å². The number of hydrogen-bond acceptors (Lipinski definition) is 14. The lowest BCUT2D eigenvalue weighted by Crippen LogP contribution is -2.71. The summed E-state index contributed by atoms with van der Waals surface area (Å²) in [4.78, 5) is 74.7. The van der Waals surface area contributed by atoms with Gasteiger partial charge in [-0.1, -0.05) is 23.9 Å². The van der Waals surface area contributed by atoms with Crippen LogP contribution < -0.4 is 26.8 Å². The van der Waals surface area contributed by atoms with Gasteiger partial charge >= 0.3 is 12.0 Å². The van der Waals surface area contributed by atoms with Crippen LogP contribution >= 0.6 is 23.5 Å². The predicted octanol–water partition coefficient (Wildman–Crippen LogP) is -0.139. The minimum atomic E-state index is -1.61. The van der Waals surface area contributed by atoms with E-state index in [1.807, 2.05) is 0 Å². The fourth-order valence-electron chi connectivity index (χ4n) is 5.90. The Morgan fingerprint density at radius 2 is 1.90 bits per heavy atom. The number of aliphatic hydroxyl groups is 1. The number of thioether (sulfide) groups is 2. The number of phenols is 1. The number of carboxylic acid groups (broad SMARTS) is 1. The molecule has 9 N–H and O–H groups in total. The normalized spacial score (nSPS) is 22.5. The van der Waals surface area contributed by atoms with Crippen molar-refractivity contribution in [3.63, 3.8) is 0 Å². The number of aromatic amines is 2. The van der Waals surface area contributed by atoms with Crippen molar-refractivity contribution in [2.24, 2.45) is 5.73 Å². The molecule has 2 unspecified atom stereocenters. The Morgan fingerprint density at radius 1 is 1.16 bits per heavy atom. The molecule has 2 aliphatic heterocycles. The molecule has 0 bridgehead atoms. The van der Waals surface area contributed by atoms with Crippen LogP contribution in [-0.2, 0) is 14.4 Å². The van der Waals surface area contributed by atoms with Gasteiger partial charge in [0.1, 0.15) is 34.6 Å². The molecule has 19 nitrogen and oxygen atoms in total. The summed E-state index contributed by atoms with van der Waals surface area (Å²) < 4.78 is 0. The molecule has 4 heterocycles. The monoisotopic (exact) mass is 713 g/mol. The number of carbonyl (C=O) groups excluding carboxylic acids is 3. The van der Waals surface area contributed by atoms with Crippen LogP contribution in [0.4, 0.5) is 16.4 Å². The summed E-state index contributed by atoms with van der Waals surface area (Å²) in [6.07, 6.45) is 3.21. The third-order valence-electron chi connectivity index (χ3n) is 8.28. The molecule has 2 fully saturated rings. The molecule has 258 valence electrons. The van der Waals surface area contributed by atoms with Crippen molar-refractivity contribution in [3.05, 3.63) is 57.6 Å². The van der Waals surface area contributed by atoms with Crippen LogP contribution in [-0.4, -0.2) is 110 Å². The Bertz CT molecular complexity index is 1830. The Labute approximate surface area is 285 Å². The Hall–Kier alpha value is -5.15. The maximum absolute atomic E-state index is 14.0. The minimum Gasteiger partial charge on any atom is -0.508 e. The third-order valence-corrected chi connectivity index (χ3v) is 10.5. The quantitative estimate of drug-likeness (QED) is 0.0948. The van der Waals surface area contributed by atoms with E-state index >= 15 is 0 Å². The predicted molar refractivity (Wildman–Crippen MR) is 174 cm³/mol. The number of aliphatic hydroxyl groups excluding tert-OH is 1. The first-order chi connectivity index (χ1) is 23.5. The van der Waals surface area contributed by atoms with Crippen LogP contribution in [0, 0.1) is 0 Å². The number of nitrogens with zero attached hydrogens (tertiary/aromatic N) is 6. The fourth-order valence-corrected chi connectivity index (χ4v) is 8.12. The summed E-state index contributed by atoms with van der Waals surface area (Å²) in [6.45, 7) is 0. The number of benzene rings is 1. The molecule has 1 saturated heterocycles. The molecule has 21 heteroatoms. The second kappa shape index (κ2) is 14.1. The zero-order valence-corrected chi connectivity index (χ0v) is 27.1. The fraction of sp³-hybridized carbons (Fsp3) is 0.393. The first kappa shape index (κ1) is 33.7. The van der Waals surface area contributed by atoms with Crippen molar-refractivity contribution < 1.29 is 34.5 Å². The first-order valence-electron chi connectivity index (χ1n) is 15.0. The summed E-state index contributed by atoms with van der Waals surface area (Å²) in [6, 6.07) is 1.25. The number of carbonyl (C=O) groups is 4. The molecule has 49 heavy (non-hydrogen) atoms. The maximum Gasteiger partial charge on any atom is 0.352 e. The number of hydrogen-bond donors (Lipinski definition) is 8. The van der Waals surface area contributed by atoms with E-state index in [4.69, 9.17) is 5.73 Å². The number of aromatic nitrogens is 6. The number of H-pyrrole nitrogens is 2. The number of primary amides is 1. The molecule has 0 spiro atoms. The van der Waals surface area contributed by atoms with E-state index in [1.54, 1.807) is 0 Å². The molecule has 3 aromatic rings. The van der Waals surface area contributed by atoms with E-state index in [0.29, 0.717) is 36.4 Å². The van der Waals surface area contributed by atoms with Crippen molar-refractivity contribution in [1.82, 2.24) is 40.8 Å². The number of phenolic OH excluding ortho intramolecular Hbond substituents is 1. The molecule has 4 amide bonds. The molecule has 1 saturated carbocycles. The van der Waals surface area contributed by atoms with Gasteiger partial charge in [-0.3, -0.25) is 29.2 Å². The van der Waals surface area contributed by atoms with Gasteiger partial charge in [0.15, 0.2) is 0 Å². The number of aliphatic carboxylic acids is 1. The Balaban J connectivity index is 1.24. The maximum atomic E-state index is 14.0. The van der Waals surface area contributed by atoms with Gasteiger partial charge in [0.05, 0.1) is 12.3 Å². The van der Waals surface area contributed by atoms with Gasteiger partial charge in [0, 0.05) is 17.5 Å². The number of anilines is 2. The van der Waals surface area contributed by atoms with Crippen LogP contribution in [0.1, 0.15) is 37.3 Å². The zero-order valence-electron chi connectivity index (χ0n) is 25.5. The van der Waals surface area contributed by atoms with E-state index in [1.165, 1.54) is 36.0 Å². The molecule has 1 aromatic carbocycles. The summed E-state index contributed by atoms with van der Waals surface area (Å²) in [5.74, 6) is -2.51. The first-order valence-corrected chi connectivity index (χ1v) is 17.0. The lowest BCUT2D eigenvalue weighted by molar-refractivity contribution is -0.150. The minimum absolute atomic E-state index is 0.0471. The van der Waals surface area contributed by atoms with Crippen LogP contribution in [0.15, 0.2) is 51.7 Å². The summed E-state index contributed by atoms with van der Waals surface area (Å²) >= 11 is 2.38. The Morgan fingerprint density at radius 3 is 2.53 bits per heavy atom. The molecule has 3 aliphatic rings. The lowest BCUT2D eigenvalue weighted by Gasteiger charge is -2.49. The summed E-state index contributed by atoms with van der Waals surface area (Å²) in [5, 5.41) is 48.4. The van der Waals surface area contributed by atoms with Crippen molar-refractivity contribution in [1.29, 1.82) is 0 Å². The lowest BCUT2D eigenvalue weighted by atomic mass is 9.93. The number of urea groups is 1. The second-order valence-electron chi connectivity index (χ2n) is 11.4. The molecule has 6 rings (SSSR count). The second-order valence-corrected chi connectivity index (χ2v) is 13.5. The third kappa shape index (κ3) is 7.03. The van der Waals surface area contributed by atoms with E-state index in [2.05, 4.69) is 41.2 Å². The van der Waals surface area contributed by atoms with Crippen LogP contribution in [0.3, 0.4) is 0 Å². The average Bonchev–Trinajstić information content (AvgIpc) is 3.60. The molecule has 1 aliphatic carbocycles. The summed E-state index contributed by atoms with van der Waals surface area (Å²) in [5.41, 5.74) is 4.99. The highest BCUT2D eigenvalue weighted by Gasteiger charge is 2.55. The van der Waals surface area contributed by atoms with Crippen LogP contribution in [0.5, 0.6) is 5.75 Å². The van der Waals surface area contributed by atoms with Gasteiger partial charge < -0.3 is 31.7 Å². The smallest absolute Gasteiger partial charge is 0.352 e. The van der Waals surface area contributed by atoms with Crippen molar-refractivity contribution in [2.45, 2.75) is 60.4 Å². The molecule has 2 aromatic heterocycles. The number of aromatic hydroxyl groups is 1. The molecular weight excluding hydrogens is 683 g/mol. The van der Waals surface area contributed by atoms with Gasteiger partial charge in [0.2, 0.25) is 17.0 Å².